The summed E-state index contributed by atoms with van der Waals surface area (Å²) in [7, 11) is -4.47. The van der Waals surface area contributed by atoms with Crippen LogP contribution in [0.2, 0.25) is 5.02 Å². The molecule has 0 saturated heterocycles. The molecule has 0 atom stereocenters. The summed E-state index contributed by atoms with van der Waals surface area (Å²) < 4.78 is 79.9. The van der Waals surface area contributed by atoms with Crippen LogP contribution in [0.15, 0.2) is 76.5 Å². The Hall–Kier alpha value is -2.76. The first kappa shape index (κ1) is 23.4. The highest BCUT2D eigenvalue weighted by Crippen LogP contribution is 2.41. The first-order valence-corrected chi connectivity index (χ1v) is 11.9. The molecule has 0 bridgehead atoms. The van der Waals surface area contributed by atoms with Crippen LogP contribution in [-0.2, 0) is 16.6 Å². The molecule has 5 nitrogen and oxygen atoms in total. The predicted octanol–water partition coefficient (Wildman–Crippen LogP) is 6.43. The molecule has 1 aliphatic rings. The van der Waals surface area contributed by atoms with Crippen LogP contribution in [0, 0.1) is 5.82 Å². The molecule has 3 aromatic carbocycles. The summed E-state index contributed by atoms with van der Waals surface area (Å²) in [6.07, 6.45) is 0. The summed E-state index contributed by atoms with van der Waals surface area (Å²) in [4.78, 5) is 13.9. The van der Waals surface area contributed by atoms with E-state index in [1.54, 1.807) is 0 Å². The summed E-state index contributed by atoms with van der Waals surface area (Å²) >= 11 is 5.66. The van der Waals surface area contributed by atoms with Gasteiger partial charge in [0.05, 0.1) is 17.9 Å². The Morgan fingerprint density at radius 2 is 1.67 bits per heavy atom. The van der Waals surface area contributed by atoms with E-state index in [0.29, 0.717) is 4.31 Å². The Morgan fingerprint density at radius 3 is 2.36 bits per heavy atom. The van der Waals surface area contributed by atoms with Gasteiger partial charge in [0.25, 0.3) is 10.0 Å². The van der Waals surface area contributed by atoms with Crippen molar-refractivity contribution in [2.24, 2.45) is 0 Å². The lowest BCUT2D eigenvalue weighted by molar-refractivity contribution is -0.0328. The number of thioether (sulfide) groups is 1. The number of sulfonamides is 1. The molecule has 1 heterocycles. The summed E-state index contributed by atoms with van der Waals surface area (Å²) in [5.74, 6) is -0.698. The molecule has 2 amide bonds. The van der Waals surface area contributed by atoms with Gasteiger partial charge in [-0.2, -0.15) is 17.5 Å². The van der Waals surface area contributed by atoms with Crippen LogP contribution >= 0.6 is 23.4 Å². The van der Waals surface area contributed by atoms with Crippen molar-refractivity contribution in [2.75, 3.05) is 9.21 Å². The highest BCUT2D eigenvalue weighted by Gasteiger charge is 2.43. The largest absolute Gasteiger partial charge is 0.446 e. The summed E-state index contributed by atoms with van der Waals surface area (Å²) in [5.41, 5.74) is -4.93. The van der Waals surface area contributed by atoms with E-state index in [0.717, 1.165) is 23.1 Å². The minimum absolute atomic E-state index is 0.00103. The van der Waals surface area contributed by atoms with Crippen LogP contribution in [0.3, 0.4) is 0 Å². The molecule has 0 radical (unpaired) electrons. The van der Waals surface area contributed by atoms with E-state index < -0.39 is 45.7 Å². The van der Waals surface area contributed by atoms with E-state index in [1.807, 2.05) is 0 Å². The number of carbonyl (C=O) groups is 1. The van der Waals surface area contributed by atoms with E-state index in [4.69, 9.17) is 11.6 Å². The topological polar surface area (TPSA) is 57.7 Å². The van der Waals surface area contributed by atoms with Gasteiger partial charge in [0.15, 0.2) is 0 Å². The number of nitrogens with zero attached hydrogens (tertiary/aromatic N) is 2. The summed E-state index contributed by atoms with van der Waals surface area (Å²) in [6, 6.07) is 13.0. The number of halogens is 5. The number of hydrogen-bond donors (Lipinski definition) is 0. The zero-order chi connectivity index (χ0) is 24.0. The number of carbonyl (C=O) groups excluding carboxylic acids is 1. The molecule has 4 rings (SSSR count). The van der Waals surface area contributed by atoms with Crippen LogP contribution in [0.1, 0.15) is 5.56 Å². The molecule has 0 spiro atoms. The lowest BCUT2D eigenvalue weighted by atomic mass is 10.2. The van der Waals surface area contributed by atoms with Gasteiger partial charge >= 0.3 is 11.5 Å². The zero-order valence-corrected chi connectivity index (χ0v) is 18.8. The number of amides is 2. The lowest BCUT2D eigenvalue weighted by Crippen LogP contribution is -2.50. The Morgan fingerprint density at radius 1 is 0.970 bits per heavy atom. The minimum Gasteiger partial charge on any atom is -0.287 e. The summed E-state index contributed by atoms with van der Waals surface area (Å²) in [6.45, 7) is -0.398. The normalized spacial score (nSPS) is 15.5. The number of urea groups is 1. The van der Waals surface area contributed by atoms with E-state index >= 15 is 0 Å². The van der Waals surface area contributed by atoms with Crippen molar-refractivity contribution in [2.45, 2.75) is 21.8 Å². The maximum Gasteiger partial charge on any atom is 0.446 e. The Bertz CT molecular complexity index is 1330. The number of benzene rings is 3. The fourth-order valence-corrected chi connectivity index (χ4v) is 5.76. The Labute approximate surface area is 195 Å². The highest BCUT2D eigenvalue weighted by atomic mass is 35.5. The smallest absolute Gasteiger partial charge is 0.287 e. The van der Waals surface area contributed by atoms with Crippen LogP contribution < -0.4 is 9.21 Å². The first-order valence-electron chi connectivity index (χ1n) is 9.23. The van der Waals surface area contributed by atoms with Crippen LogP contribution in [-0.4, -0.2) is 20.0 Å². The van der Waals surface area contributed by atoms with Gasteiger partial charge in [-0.15, -0.1) is 0 Å². The number of fused-ring (bicyclic) bond motifs is 1. The molecule has 0 unspecified atom stereocenters. The monoisotopic (exact) mass is 516 g/mol. The SMILES string of the molecule is O=C1N(Cc2c(F)cccc2Cl)c2ccccc2S(=O)(=O)N1c1cccc(SC(F)(F)F)c1. The van der Waals surface area contributed by atoms with Gasteiger partial charge in [-0.1, -0.05) is 35.9 Å². The van der Waals surface area contributed by atoms with Crippen molar-refractivity contribution >= 4 is 50.8 Å². The number of para-hydroxylation sites is 1. The predicted molar refractivity (Wildman–Crippen MR) is 117 cm³/mol. The molecule has 0 aliphatic carbocycles. The van der Waals surface area contributed by atoms with Crippen molar-refractivity contribution in [1.29, 1.82) is 0 Å². The first-order chi connectivity index (χ1) is 15.5. The average molecular weight is 517 g/mol. The number of hydrogen-bond acceptors (Lipinski definition) is 4. The molecule has 0 aromatic heterocycles. The van der Waals surface area contributed by atoms with Gasteiger partial charge in [-0.05, 0) is 54.2 Å². The Balaban J connectivity index is 1.85. The van der Waals surface area contributed by atoms with E-state index in [-0.39, 0.29) is 31.8 Å². The third kappa shape index (κ3) is 4.53. The number of rotatable bonds is 4. The van der Waals surface area contributed by atoms with Gasteiger partial charge in [0.2, 0.25) is 0 Å². The van der Waals surface area contributed by atoms with Crippen molar-refractivity contribution in [3.05, 3.63) is 83.1 Å². The molecule has 0 saturated carbocycles. The molecule has 172 valence electrons. The van der Waals surface area contributed by atoms with Crippen molar-refractivity contribution in [3.63, 3.8) is 0 Å². The maximum atomic E-state index is 14.4. The van der Waals surface area contributed by atoms with Crippen LogP contribution in [0.5, 0.6) is 0 Å². The van der Waals surface area contributed by atoms with Crippen LogP contribution in [0.25, 0.3) is 0 Å². The molecular weight excluding hydrogens is 504 g/mol. The lowest BCUT2D eigenvalue weighted by Gasteiger charge is -2.36. The molecule has 33 heavy (non-hydrogen) atoms. The second-order valence-electron chi connectivity index (χ2n) is 6.85. The minimum atomic E-state index is -4.61. The van der Waals surface area contributed by atoms with Crippen molar-refractivity contribution in [3.8, 4) is 0 Å². The molecule has 3 aromatic rings. The standard InChI is InChI=1S/C21H13ClF4N2O3S2/c22-16-7-4-8-17(23)15(16)12-27-18-9-1-2-10-19(18)33(30,31)28(20(27)29)13-5-3-6-14(11-13)32-21(24,25)26/h1-11H,12H2. The van der Waals surface area contributed by atoms with Gasteiger partial charge in [0.1, 0.15) is 10.7 Å². The van der Waals surface area contributed by atoms with Crippen molar-refractivity contribution in [1.82, 2.24) is 0 Å². The van der Waals surface area contributed by atoms with Gasteiger partial charge in [0, 0.05) is 15.5 Å². The van der Waals surface area contributed by atoms with Gasteiger partial charge < -0.3 is 0 Å². The molecule has 1 aliphatic heterocycles. The highest BCUT2D eigenvalue weighted by molar-refractivity contribution is 8.00. The second kappa shape index (κ2) is 8.54. The fourth-order valence-electron chi connectivity index (χ4n) is 3.36. The number of alkyl halides is 3. The van der Waals surface area contributed by atoms with E-state index in [2.05, 4.69) is 0 Å². The number of anilines is 2. The molecule has 0 fully saturated rings. The third-order valence-electron chi connectivity index (χ3n) is 4.74. The zero-order valence-electron chi connectivity index (χ0n) is 16.4. The van der Waals surface area contributed by atoms with Gasteiger partial charge in [-0.3, -0.25) is 4.90 Å². The molecular formula is C21H13ClF4N2O3S2. The van der Waals surface area contributed by atoms with Crippen molar-refractivity contribution < 1.29 is 30.8 Å². The average Bonchev–Trinajstić information content (AvgIpc) is 2.72. The second-order valence-corrected chi connectivity index (χ2v) is 10.2. The third-order valence-corrected chi connectivity index (χ3v) is 7.57. The Kier molecular flexibility index (Phi) is 6.06. The van der Waals surface area contributed by atoms with Crippen LogP contribution in [0.4, 0.5) is 33.7 Å². The van der Waals surface area contributed by atoms with Gasteiger partial charge in [-0.25, -0.2) is 17.6 Å². The molecule has 0 N–H and O–H groups in total. The maximum absolute atomic E-state index is 14.4. The van der Waals surface area contributed by atoms with E-state index in [9.17, 15) is 30.8 Å². The molecule has 12 heteroatoms. The van der Waals surface area contributed by atoms with E-state index in [1.165, 1.54) is 48.5 Å². The summed E-state index contributed by atoms with van der Waals surface area (Å²) in [5, 5.41) is 0.0313. The quantitative estimate of drug-likeness (QED) is 0.296. The fraction of sp³-hybridized carbons (Fsp3) is 0.0952.